The third-order valence-corrected chi connectivity index (χ3v) is 5.57. The van der Waals surface area contributed by atoms with E-state index >= 15 is 0 Å². The Morgan fingerprint density at radius 3 is 2.53 bits per heavy atom. The van der Waals surface area contributed by atoms with Crippen molar-refractivity contribution in [2.45, 2.75) is 26.5 Å². The maximum atomic E-state index is 12.5. The van der Waals surface area contributed by atoms with Gasteiger partial charge in [0.05, 0.1) is 6.54 Å². The highest BCUT2D eigenvalue weighted by Gasteiger charge is 2.14. The van der Waals surface area contributed by atoms with Crippen LogP contribution in [0.3, 0.4) is 0 Å². The third kappa shape index (κ3) is 5.33. The number of rotatable bonds is 8. The second-order valence-corrected chi connectivity index (χ2v) is 7.92. The topological polar surface area (TPSA) is 69.3 Å². The van der Waals surface area contributed by atoms with Gasteiger partial charge in [-0.2, -0.15) is 5.10 Å². The number of nitrogens with zero attached hydrogens (tertiary/aromatic N) is 2. The minimum absolute atomic E-state index is 0.175. The van der Waals surface area contributed by atoms with E-state index in [4.69, 9.17) is 32.4 Å². The maximum absolute atomic E-state index is 12.5. The van der Waals surface area contributed by atoms with Crippen molar-refractivity contribution < 1.29 is 13.9 Å². The molecule has 0 saturated carbocycles. The van der Waals surface area contributed by atoms with E-state index in [-0.39, 0.29) is 12.4 Å². The van der Waals surface area contributed by atoms with Gasteiger partial charge in [0.25, 0.3) is 5.91 Å². The molecule has 0 saturated heterocycles. The minimum Gasteiger partial charge on any atom is -0.486 e. The number of ether oxygens (including phenoxy) is 1. The van der Waals surface area contributed by atoms with Crippen molar-refractivity contribution >= 4 is 34.9 Å². The second-order valence-electron chi connectivity index (χ2n) is 7.11. The molecule has 2 aromatic heterocycles. The highest BCUT2D eigenvalue weighted by Crippen LogP contribution is 2.25. The number of anilines is 1. The summed E-state index contributed by atoms with van der Waals surface area (Å²) >= 11 is 12.4. The van der Waals surface area contributed by atoms with Gasteiger partial charge in [0.1, 0.15) is 18.1 Å². The fraction of sp³-hybridized carbons (Fsp3) is 0.167. The van der Waals surface area contributed by atoms with E-state index in [9.17, 15) is 4.79 Å². The molecular weight excluding hydrogens is 449 g/mol. The van der Waals surface area contributed by atoms with Crippen LogP contribution in [0.2, 0.25) is 10.0 Å². The first-order valence-corrected chi connectivity index (χ1v) is 10.9. The lowest BCUT2D eigenvalue weighted by atomic mass is 10.2. The minimum atomic E-state index is -0.399. The molecule has 32 heavy (non-hydrogen) atoms. The molecule has 6 nitrogen and oxygen atoms in total. The van der Waals surface area contributed by atoms with Gasteiger partial charge < -0.3 is 14.5 Å². The largest absolute Gasteiger partial charge is 0.486 e. The molecule has 8 heteroatoms. The van der Waals surface area contributed by atoms with E-state index in [1.54, 1.807) is 47.3 Å². The molecule has 4 rings (SSSR count). The van der Waals surface area contributed by atoms with Crippen molar-refractivity contribution in [1.29, 1.82) is 0 Å². The molecule has 1 amide bonds. The van der Waals surface area contributed by atoms with Gasteiger partial charge in [-0.05, 0) is 48.4 Å². The number of nitrogens with one attached hydrogen (secondary N) is 1. The van der Waals surface area contributed by atoms with Crippen LogP contribution in [0.25, 0.3) is 0 Å². The summed E-state index contributed by atoms with van der Waals surface area (Å²) in [6.07, 6.45) is 2.71. The molecule has 0 atom stereocenters. The Bertz CT molecular complexity index is 1200. The number of hydrogen-bond acceptors (Lipinski definition) is 4. The lowest BCUT2D eigenvalue weighted by Gasteiger charge is -2.07. The van der Waals surface area contributed by atoms with Gasteiger partial charge in [0.2, 0.25) is 0 Å². The molecule has 0 spiro atoms. The average Bonchev–Trinajstić information content (AvgIpc) is 3.45. The van der Waals surface area contributed by atoms with E-state index < -0.39 is 5.91 Å². The molecule has 164 valence electrons. The van der Waals surface area contributed by atoms with Gasteiger partial charge in [-0.15, -0.1) is 0 Å². The van der Waals surface area contributed by atoms with Crippen LogP contribution in [0.15, 0.2) is 71.3 Å². The summed E-state index contributed by atoms with van der Waals surface area (Å²) in [5, 5.41) is 8.19. The third-order valence-electron chi connectivity index (χ3n) is 4.86. The SMILES string of the molecule is CCc1ccc(OCc2ccc(C(=O)Nc3ccn(Cc4c(Cl)cccc4Cl)n3)o2)cc1. The Kier molecular flexibility index (Phi) is 6.83. The zero-order chi connectivity index (χ0) is 22.5. The van der Waals surface area contributed by atoms with Gasteiger partial charge in [-0.25, -0.2) is 0 Å². The van der Waals surface area contributed by atoms with E-state index in [0.717, 1.165) is 17.7 Å². The lowest BCUT2D eigenvalue weighted by Crippen LogP contribution is -2.12. The molecular formula is C24H21Cl2N3O3. The Morgan fingerprint density at radius 2 is 1.81 bits per heavy atom. The highest BCUT2D eigenvalue weighted by molar-refractivity contribution is 6.35. The normalized spacial score (nSPS) is 10.8. The fourth-order valence-corrected chi connectivity index (χ4v) is 3.61. The Labute approximate surface area is 195 Å². The van der Waals surface area contributed by atoms with E-state index in [2.05, 4.69) is 17.3 Å². The van der Waals surface area contributed by atoms with Crippen LogP contribution < -0.4 is 10.1 Å². The molecule has 4 aromatic rings. The van der Waals surface area contributed by atoms with Crippen LogP contribution in [-0.4, -0.2) is 15.7 Å². The Balaban J connectivity index is 1.34. The van der Waals surface area contributed by atoms with Crippen molar-refractivity contribution in [2.24, 2.45) is 0 Å². The number of aryl methyl sites for hydroxylation is 1. The van der Waals surface area contributed by atoms with Crippen LogP contribution in [0, 0.1) is 0 Å². The summed E-state index contributed by atoms with van der Waals surface area (Å²) in [7, 11) is 0. The van der Waals surface area contributed by atoms with E-state index in [0.29, 0.717) is 28.2 Å². The quantitative estimate of drug-likeness (QED) is 0.332. The number of carbonyl (C=O) groups excluding carboxylic acids is 1. The summed E-state index contributed by atoms with van der Waals surface area (Å²) < 4.78 is 13.0. The monoisotopic (exact) mass is 469 g/mol. The van der Waals surface area contributed by atoms with Gasteiger partial charge in [0, 0.05) is 27.9 Å². The number of hydrogen-bond donors (Lipinski definition) is 1. The molecule has 0 fully saturated rings. The van der Waals surface area contributed by atoms with Crippen LogP contribution in [0.4, 0.5) is 5.82 Å². The maximum Gasteiger partial charge on any atom is 0.292 e. The van der Waals surface area contributed by atoms with Crippen molar-refractivity contribution in [1.82, 2.24) is 9.78 Å². The first kappa shape index (κ1) is 22.0. The highest BCUT2D eigenvalue weighted by atomic mass is 35.5. The average molecular weight is 470 g/mol. The zero-order valence-electron chi connectivity index (χ0n) is 17.3. The molecule has 0 radical (unpaired) electrons. The summed E-state index contributed by atoms with van der Waals surface area (Å²) in [6, 6.07) is 18.2. The standard InChI is InChI=1S/C24H21Cl2N3O3/c1-2-16-6-8-17(9-7-16)31-15-18-10-11-22(32-18)24(30)27-23-12-13-29(28-23)14-19-20(25)4-3-5-21(19)26/h3-13H,2,14-15H2,1H3,(H,27,28,30). The Hall–Kier alpha value is -3.22. The molecule has 0 aliphatic rings. The summed E-state index contributed by atoms with van der Waals surface area (Å²) in [5.41, 5.74) is 2.00. The van der Waals surface area contributed by atoms with Crippen LogP contribution in [-0.2, 0) is 19.6 Å². The zero-order valence-corrected chi connectivity index (χ0v) is 18.9. The second kappa shape index (κ2) is 9.94. The Morgan fingerprint density at radius 1 is 1.06 bits per heavy atom. The number of carbonyl (C=O) groups is 1. The summed E-state index contributed by atoms with van der Waals surface area (Å²) in [5.74, 6) is 1.46. The molecule has 0 unspecified atom stereocenters. The summed E-state index contributed by atoms with van der Waals surface area (Å²) in [4.78, 5) is 12.5. The van der Waals surface area contributed by atoms with Crippen molar-refractivity contribution in [3.8, 4) is 5.75 Å². The molecule has 0 bridgehead atoms. The number of amides is 1. The predicted octanol–water partition coefficient (Wildman–Crippen LogP) is 6.22. The molecule has 2 heterocycles. The van der Waals surface area contributed by atoms with Gasteiger partial charge in [0.15, 0.2) is 11.6 Å². The first-order chi connectivity index (χ1) is 15.5. The molecule has 2 aromatic carbocycles. The van der Waals surface area contributed by atoms with Gasteiger partial charge in [-0.3, -0.25) is 9.48 Å². The number of aromatic nitrogens is 2. The van der Waals surface area contributed by atoms with E-state index in [1.807, 2.05) is 24.3 Å². The smallest absolute Gasteiger partial charge is 0.292 e. The summed E-state index contributed by atoms with van der Waals surface area (Å²) in [6.45, 7) is 2.71. The van der Waals surface area contributed by atoms with Crippen molar-refractivity contribution in [2.75, 3.05) is 5.32 Å². The fourth-order valence-electron chi connectivity index (χ4n) is 3.09. The van der Waals surface area contributed by atoms with E-state index in [1.165, 1.54) is 5.56 Å². The number of halogens is 2. The van der Waals surface area contributed by atoms with Gasteiger partial charge >= 0.3 is 0 Å². The van der Waals surface area contributed by atoms with Crippen molar-refractivity contribution in [3.63, 3.8) is 0 Å². The van der Waals surface area contributed by atoms with Crippen LogP contribution >= 0.6 is 23.2 Å². The van der Waals surface area contributed by atoms with Crippen LogP contribution in [0.1, 0.15) is 34.4 Å². The predicted molar refractivity (Wildman–Crippen MR) is 125 cm³/mol. The van der Waals surface area contributed by atoms with Crippen molar-refractivity contribution in [3.05, 3.63) is 99.6 Å². The van der Waals surface area contributed by atoms with Crippen LogP contribution in [0.5, 0.6) is 5.75 Å². The number of furan rings is 1. The molecule has 0 aliphatic carbocycles. The molecule has 0 aliphatic heterocycles. The molecule has 1 N–H and O–H groups in total. The first-order valence-electron chi connectivity index (χ1n) is 10.1. The lowest BCUT2D eigenvalue weighted by molar-refractivity contribution is 0.0992. The number of benzene rings is 2. The van der Waals surface area contributed by atoms with Gasteiger partial charge in [-0.1, -0.05) is 48.3 Å².